The van der Waals surface area contributed by atoms with E-state index >= 15 is 0 Å². The molecule has 2 aromatic heterocycles. The van der Waals surface area contributed by atoms with Crippen molar-refractivity contribution in [2.45, 2.75) is 13.0 Å². The number of amides is 2. The molecule has 3 aromatic rings. The third-order valence-electron chi connectivity index (χ3n) is 4.54. The highest BCUT2D eigenvalue weighted by atomic mass is 32.1. The fourth-order valence-corrected chi connectivity index (χ4v) is 4.75. The van der Waals surface area contributed by atoms with Crippen LogP contribution in [0, 0.1) is 10.1 Å². The predicted molar refractivity (Wildman–Crippen MR) is 115 cm³/mol. The van der Waals surface area contributed by atoms with Crippen LogP contribution in [0.15, 0.2) is 41.1 Å². The van der Waals surface area contributed by atoms with Crippen LogP contribution in [0.3, 0.4) is 0 Å². The molecule has 2 N–H and O–H groups in total. The first kappa shape index (κ1) is 20.1. The molecule has 1 aliphatic heterocycles. The zero-order valence-electron chi connectivity index (χ0n) is 15.7. The molecule has 0 fully saturated rings. The third-order valence-corrected chi connectivity index (χ3v) is 6.22. The van der Waals surface area contributed by atoms with Gasteiger partial charge in [-0.1, -0.05) is 0 Å². The van der Waals surface area contributed by atoms with Crippen LogP contribution in [0.5, 0.6) is 0 Å². The topological polar surface area (TPSA) is 117 Å². The van der Waals surface area contributed by atoms with Gasteiger partial charge in [0.1, 0.15) is 0 Å². The van der Waals surface area contributed by atoms with Gasteiger partial charge in [0, 0.05) is 47.6 Å². The molecule has 0 radical (unpaired) electrons. The lowest BCUT2D eigenvalue weighted by molar-refractivity contribution is -0.384. The lowest BCUT2D eigenvalue weighted by atomic mass is 10.2. The zero-order chi connectivity index (χ0) is 21.1. The van der Waals surface area contributed by atoms with Gasteiger partial charge in [-0.2, -0.15) is 11.3 Å². The SMILES string of the molecule is O=C(CN1CCc2nc(NC(=O)c3ccsc3)sc2C1)Nc1ccc([N+](=O)[O-])cc1. The molecule has 1 aliphatic rings. The summed E-state index contributed by atoms with van der Waals surface area (Å²) < 4.78 is 0. The van der Waals surface area contributed by atoms with E-state index < -0.39 is 4.92 Å². The molecule has 11 heteroatoms. The number of anilines is 2. The van der Waals surface area contributed by atoms with Crippen molar-refractivity contribution in [1.29, 1.82) is 0 Å². The smallest absolute Gasteiger partial charge is 0.269 e. The Balaban J connectivity index is 1.32. The number of nitro groups is 1. The van der Waals surface area contributed by atoms with Gasteiger partial charge >= 0.3 is 0 Å². The Morgan fingerprint density at radius 1 is 1.20 bits per heavy atom. The van der Waals surface area contributed by atoms with Gasteiger partial charge in [0.2, 0.25) is 5.91 Å². The number of thiazole rings is 1. The lowest BCUT2D eigenvalue weighted by Crippen LogP contribution is -2.36. The van der Waals surface area contributed by atoms with Crippen LogP contribution in [0.4, 0.5) is 16.5 Å². The first-order chi connectivity index (χ1) is 14.5. The molecular weight excluding hydrogens is 426 g/mol. The van der Waals surface area contributed by atoms with Crippen molar-refractivity contribution in [3.05, 3.63) is 67.3 Å². The molecule has 0 atom stereocenters. The molecule has 0 bridgehead atoms. The quantitative estimate of drug-likeness (QED) is 0.446. The van der Waals surface area contributed by atoms with Crippen molar-refractivity contribution in [2.75, 3.05) is 23.7 Å². The van der Waals surface area contributed by atoms with Gasteiger partial charge in [0.05, 0.1) is 22.7 Å². The van der Waals surface area contributed by atoms with E-state index in [2.05, 4.69) is 15.6 Å². The highest BCUT2D eigenvalue weighted by Gasteiger charge is 2.23. The summed E-state index contributed by atoms with van der Waals surface area (Å²) in [5, 5.41) is 20.5. The van der Waals surface area contributed by atoms with Crippen molar-refractivity contribution in [3.8, 4) is 0 Å². The minimum atomic E-state index is -0.483. The maximum atomic E-state index is 12.3. The van der Waals surface area contributed by atoms with Gasteiger partial charge < -0.3 is 5.32 Å². The number of nitro benzene ring substituents is 1. The lowest BCUT2D eigenvalue weighted by Gasteiger charge is -2.25. The molecule has 3 heterocycles. The highest BCUT2D eigenvalue weighted by molar-refractivity contribution is 7.16. The summed E-state index contributed by atoms with van der Waals surface area (Å²) in [6.07, 6.45) is 0.699. The Morgan fingerprint density at radius 2 is 2.00 bits per heavy atom. The number of non-ortho nitro benzene ring substituents is 1. The van der Waals surface area contributed by atoms with Gasteiger partial charge in [-0.25, -0.2) is 4.98 Å². The largest absolute Gasteiger partial charge is 0.325 e. The van der Waals surface area contributed by atoms with E-state index in [-0.39, 0.29) is 24.0 Å². The molecule has 9 nitrogen and oxygen atoms in total. The van der Waals surface area contributed by atoms with Crippen molar-refractivity contribution in [2.24, 2.45) is 0 Å². The number of carbonyl (C=O) groups excluding carboxylic acids is 2. The zero-order valence-corrected chi connectivity index (χ0v) is 17.3. The molecular formula is C19H17N5O4S2. The monoisotopic (exact) mass is 443 g/mol. The van der Waals surface area contributed by atoms with Crippen LogP contribution < -0.4 is 10.6 Å². The summed E-state index contributed by atoms with van der Waals surface area (Å²) in [6.45, 7) is 1.46. The molecule has 0 saturated heterocycles. The number of nitrogens with zero attached hydrogens (tertiary/aromatic N) is 3. The molecule has 154 valence electrons. The van der Waals surface area contributed by atoms with E-state index in [0.29, 0.717) is 35.9 Å². The normalized spacial score (nSPS) is 13.5. The van der Waals surface area contributed by atoms with Crippen LogP contribution in [0.2, 0.25) is 0 Å². The predicted octanol–water partition coefficient (Wildman–Crippen LogP) is 3.36. The number of nitrogens with one attached hydrogen (secondary N) is 2. The van der Waals surface area contributed by atoms with E-state index in [1.165, 1.54) is 46.9 Å². The van der Waals surface area contributed by atoms with E-state index in [9.17, 15) is 19.7 Å². The fraction of sp³-hybridized carbons (Fsp3) is 0.211. The van der Waals surface area contributed by atoms with Crippen LogP contribution >= 0.6 is 22.7 Å². The maximum Gasteiger partial charge on any atom is 0.269 e. The average molecular weight is 444 g/mol. The van der Waals surface area contributed by atoms with E-state index in [1.807, 2.05) is 10.3 Å². The molecule has 2 amide bonds. The molecule has 0 unspecified atom stereocenters. The van der Waals surface area contributed by atoms with Gasteiger partial charge in [-0.3, -0.25) is 29.9 Å². The number of carbonyl (C=O) groups is 2. The minimum Gasteiger partial charge on any atom is -0.325 e. The van der Waals surface area contributed by atoms with Gasteiger partial charge in [-0.05, 0) is 23.6 Å². The van der Waals surface area contributed by atoms with Crippen LogP contribution in [0.1, 0.15) is 20.9 Å². The molecule has 1 aromatic carbocycles. The molecule has 4 rings (SSSR count). The van der Waals surface area contributed by atoms with Crippen molar-refractivity contribution >= 4 is 51.0 Å². The van der Waals surface area contributed by atoms with Crippen LogP contribution in [-0.4, -0.2) is 39.7 Å². The van der Waals surface area contributed by atoms with Crippen molar-refractivity contribution in [3.63, 3.8) is 0 Å². The standard InChI is InChI=1S/C19H17N5O4S2/c25-17(20-13-1-3-14(4-2-13)24(27)28)10-23-7-5-15-16(9-23)30-19(21-15)22-18(26)12-6-8-29-11-12/h1-4,6,8,11H,5,7,9-10H2,(H,20,25)(H,21,22,26). The first-order valence-electron chi connectivity index (χ1n) is 9.07. The maximum absolute atomic E-state index is 12.3. The highest BCUT2D eigenvalue weighted by Crippen LogP contribution is 2.28. The second-order valence-electron chi connectivity index (χ2n) is 6.67. The summed E-state index contributed by atoms with van der Waals surface area (Å²) in [4.78, 5) is 42.3. The van der Waals surface area contributed by atoms with E-state index in [4.69, 9.17) is 0 Å². The van der Waals surface area contributed by atoms with E-state index in [0.717, 1.165) is 10.6 Å². The fourth-order valence-electron chi connectivity index (χ4n) is 3.07. The summed E-state index contributed by atoms with van der Waals surface area (Å²) in [6, 6.07) is 7.49. The number of rotatable bonds is 6. The second-order valence-corrected chi connectivity index (χ2v) is 8.53. The van der Waals surface area contributed by atoms with Gasteiger partial charge in [0.25, 0.3) is 11.6 Å². The summed E-state index contributed by atoms with van der Waals surface area (Å²) in [5.74, 6) is -0.371. The number of thiophene rings is 1. The number of aromatic nitrogens is 1. The van der Waals surface area contributed by atoms with Crippen molar-refractivity contribution in [1.82, 2.24) is 9.88 Å². The van der Waals surface area contributed by atoms with Gasteiger partial charge in [0.15, 0.2) is 5.13 Å². The minimum absolute atomic E-state index is 0.0244. The summed E-state index contributed by atoms with van der Waals surface area (Å²) in [5.41, 5.74) is 2.05. The third kappa shape index (κ3) is 4.70. The summed E-state index contributed by atoms with van der Waals surface area (Å²) >= 11 is 2.89. The van der Waals surface area contributed by atoms with Crippen molar-refractivity contribution < 1.29 is 14.5 Å². The molecule has 0 aliphatic carbocycles. The Bertz CT molecular complexity index is 1080. The number of fused-ring (bicyclic) bond motifs is 1. The van der Waals surface area contributed by atoms with Gasteiger partial charge in [-0.15, -0.1) is 11.3 Å². The Kier molecular flexibility index (Phi) is 5.84. The average Bonchev–Trinajstić information content (AvgIpc) is 3.37. The number of hydrogen-bond donors (Lipinski definition) is 2. The van der Waals surface area contributed by atoms with Crippen LogP contribution in [0.25, 0.3) is 0 Å². The Labute approximate surface area is 179 Å². The molecule has 0 saturated carbocycles. The Hall–Kier alpha value is -3.15. The second kappa shape index (κ2) is 8.69. The van der Waals surface area contributed by atoms with Crippen LogP contribution in [-0.2, 0) is 17.8 Å². The Morgan fingerprint density at radius 3 is 2.70 bits per heavy atom. The molecule has 0 spiro atoms. The number of hydrogen-bond acceptors (Lipinski definition) is 8. The molecule has 30 heavy (non-hydrogen) atoms. The first-order valence-corrected chi connectivity index (χ1v) is 10.8. The number of benzene rings is 1. The van der Waals surface area contributed by atoms with E-state index in [1.54, 1.807) is 11.4 Å². The summed E-state index contributed by atoms with van der Waals surface area (Å²) in [7, 11) is 0.